The molecule has 0 aromatic heterocycles. The smallest absolute Gasteiger partial charge is 0.257 e. The predicted molar refractivity (Wildman–Crippen MR) is 84.3 cm³/mol. The van der Waals surface area contributed by atoms with Gasteiger partial charge in [-0.25, -0.2) is 8.78 Å². The Morgan fingerprint density at radius 1 is 1.17 bits per heavy atom. The van der Waals surface area contributed by atoms with Gasteiger partial charge in [0.25, 0.3) is 5.91 Å². The van der Waals surface area contributed by atoms with Gasteiger partial charge in [-0.05, 0) is 62.0 Å². The van der Waals surface area contributed by atoms with Gasteiger partial charge in [0.1, 0.15) is 25.0 Å². The van der Waals surface area contributed by atoms with Gasteiger partial charge in [-0.2, -0.15) is 0 Å². The molecule has 4 aliphatic carbocycles. The largest absolute Gasteiger partial charge is 0.390 e. The minimum absolute atomic E-state index is 0.0839. The van der Waals surface area contributed by atoms with E-state index in [-0.39, 0.29) is 17.9 Å². The van der Waals surface area contributed by atoms with Gasteiger partial charge in [0.15, 0.2) is 0 Å². The van der Waals surface area contributed by atoms with Crippen LogP contribution >= 0.6 is 0 Å². The summed E-state index contributed by atoms with van der Waals surface area (Å²) in [4.78, 5) is 12.4. The zero-order chi connectivity index (χ0) is 16.4. The van der Waals surface area contributed by atoms with E-state index in [1.807, 2.05) is 0 Å². The lowest BCUT2D eigenvalue weighted by Gasteiger charge is -2.58. The molecule has 122 valence electrons. The molecular formula is C17H20BF2NO2. The minimum Gasteiger partial charge on any atom is -0.390 e. The third-order valence-corrected chi connectivity index (χ3v) is 5.95. The average molecular weight is 319 g/mol. The summed E-state index contributed by atoms with van der Waals surface area (Å²) < 4.78 is 28.0. The van der Waals surface area contributed by atoms with E-state index in [1.165, 1.54) is 12.1 Å². The van der Waals surface area contributed by atoms with E-state index >= 15 is 0 Å². The number of hydrogen-bond donors (Lipinski definition) is 2. The molecule has 2 atom stereocenters. The molecule has 0 heterocycles. The third-order valence-electron chi connectivity index (χ3n) is 5.95. The summed E-state index contributed by atoms with van der Waals surface area (Å²) in [7, 11) is 1.59. The highest BCUT2D eigenvalue weighted by molar-refractivity contribution is 6.32. The highest BCUT2D eigenvalue weighted by Crippen LogP contribution is 2.55. The van der Waals surface area contributed by atoms with Crippen LogP contribution in [0.4, 0.5) is 8.78 Å². The molecule has 4 saturated carbocycles. The number of benzene rings is 1. The topological polar surface area (TPSA) is 49.3 Å². The summed E-state index contributed by atoms with van der Waals surface area (Å²) in [6.45, 7) is 0. The first-order chi connectivity index (χ1) is 10.8. The Morgan fingerprint density at radius 3 is 2.26 bits per heavy atom. The van der Waals surface area contributed by atoms with Crippen molar-refractivity contribution in [1.82, 2.24) is 5.32 Å². The van der Waals surface area contributed by atoms with Crippen molar-refractivity contribution >= 4 is 19.2 Å². The first kappa shape index (κ1) is 15.1. The first-order valence-electron chi connectivity index (χ1n) is 8.33. The summed E-state index contributed by atoms with van der Waals surface area (Å²) in [6.07, 6.45) is 4.21. The Morgan fingerprint density at radius 2 is 1.74 bits per heavy atom. The van der Waals surface area contributed by atoms with Gasteiger partial charge in [0.2, 0.25) is 0 Å². The molecule has 4 aliphatic rings. The van der Waals surface area contributed by atoms with Crippen LogP contribution in [0.25, 0.3) is 0 Å². The van der Waals surface area contributed by atoms with Gasteiger partial charge in [-0.3, -0.25) is 4.79 Å². The molecule has 0 saturated heterocycles. The highest BCUT2D eigenvalue weighted by atomic mass is 19.1. The van der Waals surface area contributed by atoms with Crippen LogP contribution in [-0.4, -0.2) is 30.5 Å². The number of halogens is 2. The van der Waals surface area contributed by atoms with E-state index in [4.69, 9.17) is 0 Å². The summed E-state index contributed by atoms with van der Waals surface area (Å²) in [5, 5.41) is 13.4. The van der Waals surface area contributed by atoms with Crippen LogP contribution in [0.1, 0.15) is 42.5 Å². The van der Waals surface area contributed by atoms with E-state index in [1.54, 1.807) is 7.85 Å². The van der Waals surface area contributed by atoms with Crippen LogP contribution in [0.15, 0.2) is 12.1 Å². The molecule has 1 aromatic rings. The maximum atomic E-state index is 14.0. The van der Waals surface area contributed by atoms with E-state index in [0.717, 1.165) is 19.3 Å². The lowest BCUT2D eigenvalue weighted by atomic mass is 9.52. The Bertz CT molecular complexity index is 642. The molecule has 2 unspecified atom stereocenters. The molecule has 23 heavy (non-hydrogen) atoms. The molecule has 4 bridgehead atoms. The summed E-state index contributed by atoms with van der Waals surface area (Å²) in [5.41, 5.74) is -0.630. The monoisotopic (exact) mass is 319 g/mol. The van der Waals surface area contributed by atoms with E-state index in [2.05, 4.69) is 5.32 Å². The average Bonchev–Trinajstić information content (AvgIpc) is 2.39. The fourth-order valence-electron chi connectivity index (χ4n) is 5.36. The molecule has 3 nitrogen and oxygen atoms in total. The number of rotatable bonds is 2. The number of hydrogen-bond acceptors (Lipinski definition) is 2. The maximum absolute atomic E-state index is 14.0. The van der Waals surface area contributed by atoms with Gasteiger partial charge in [0, 0.05) is 6.04 Å². The molecule has 4 fully saturated rings. The Balaban J connectivity index is 1.56. The van der Waals surface area contributed by atoms with E-state index < -0.39 is 28.7 Å². The zero-order valence-electron chi connectivity index (χ0n) is 13.1. The van der Waals surface area contributed by atoms with Gasteiger partial charge in [-0.1, -0.05) is 5.46 Å². The maximum Gasteiger partial charge on any atom is 0.257 e. The van der Waals surface area contributed by atoms with Gasteiger partial charge in [-0.15, -0.1) is 0 Å². The van der Waals surface area contributed by atoms with Crippen LogP contribution in [0, 0.1) is 29.4 Å². The van der Waals surface area contributed by atoms with Crippen LogP contribution in [-0.2, 0) is 0 Å². The Hall–Kier alpha value is -1.43. The van der Waals surface area contributed by atoms with Crippen molar-refractivity contribution in [3.63, 3.8) is 0 Å². The molecule has 6 heteroatoms. The lowest BCUT2D eigenvalue weighted by molar-refractivity contribution is -0.137. The van der Waals surface area contributed by atoms with Crippen molar-refractivity contribution in [3.8, 4) is 0 Å². The first-order valence-corrected chi connectivity index (χ1v) is 8.33. The third kappa shape index (κ3) is 2.47. The standard InChI is InChI=1S/C17H20BF2NO2/c18-11-3-12(19)14(13(20)4-11)16(22)21-15-9-1-8-2-10(15)7-17(23,5-8)6-9/h3-4,8-10,15,23H,1-2,5-7,18H2,(H,21,22)/t8?,9?,10?,15-,17-. The number of carbonyl (C=O) groups is 1. The predicted octanol–water partition coefficient (Wildman–Crippen LogP) is 0.893. The summed E-state index contributed by atoms with van der Waals surface area (Å²) >= 11 is 0. The molecule has 0 aliphatic heterocycles. The number of amides is 1. The van der Waals surface area contributed by atoms with Gasteiger partial charge >= 0.3 is 0 Å². The normalized spacial score (nSPS) is 37.9. The Kier molecular flexibility index (Phi) is 3.31. The van der Waals surface area contributed by atoms with Crippen LogP contribution in [0.3, 0.4) is 0 Å². The fourth-order valence-corrected chi connectivity index (χ4v) is 5.36. The fraction of sp³-hybridized carbons (Fsp3) is 0.588. The van der Waals surface area contributed by atoms with Crippen LogP contribution in [0.5, 0.6) is 0 Å². The van der Waals surface area contributed by atoms with Crippen LogP contribution < -0.4 is 10.8 Å². The lowest BCUT2D eigenvalue weighted by Crippen LogP contribution is -2.61. The van der Waals surface area contributed by atoms with Gasteiger partial charge < -0.3 is 10.4 Å². The molecule has 0 spiro atoms. The van der Waals surface area contributed by atoms with Crippen molar-refractivity contribution < 1.29 is 18.7 Å². The van der Waals surface area contributed by atoms with E-state index in [0.29, 0.717) is 24.2 Å². The number of aliphatic hydroxyl groups is 1. The molecule has 0 radical (unpaired) electrons. The molecule has 1 aromatic carbocycles. The van der Waals surface area contributed by atoms with Crippen molar-refractivity contribution in [1.29, 1.82) is 0 Å². The molecule has 5 rings (SSSR count). The second-order valence-electron chi connectivity index (χ2n) is 7.80. The number of nitrogens with one attached hydrogen (secondary N) is 1. The zero-order valence-corrected chi connectivity index (χ0v) is 13.1. The van der Waals surface area contributed by atoms with Crippen molar-refractivity contribution in [2.24, 2.45) is 17.8 Å². The van der Waals surface area contributed by atoms with E-state index in [9.17, 15) is 18.7 Å². The molecule has 2 N–H and O–H groups in total. The quantitative estimate of drug-likeness (QED) is 0.796. The van der Waals surface area contributed by atoms with Crippen molar-refractivity contribution in [2.45, 2.75) is 43.7 Å². The number of carbonyl (C=O) groups excluding carboxylic acids is 1. The second-order valence-corrected chi connectivity index (χ2v) is 7.80. The minimum atomic E-state index is -0.817. The molecule has 1 amide bonds. The van der Waals surface area contributed by atoms with Crippen LogP contribution in [0.2, 0.25) is 0 Å². The Labute approximate surface area is 134 Å². The summed E-state index contributed by atoms with van der Waals surface area (Å²) in [5.74, 6) is -1.36. The second kappa shape index (κ2) is 5.03. The van der Waals surface area contributed by atoms with Gasteiger partial charge in [0.05, 0.1) is 5.60 Å². The summed E-state index contributed by atoms with van der Waals surface area (Å²) in [6, 6.07) is 2.27. The van der Waals surface area contributed by atoms with Crippen molar-refractivity contribution in [3.05, 3.63) is 29.3 Å². The molecular weight excluding hydrogens is 299 g/mol. The SMILES string of the molecule is Bc1cc(F)c(C(=O)N[C@H]2C3CC4CC2C[C@](O)(C4)C3)c(F)c1. The highest BCUT2D eigenvalue weighted by Gasteiger charge is 2.55. The van der Waals surface area contributed by atoms with Crippen molar-refractivity contribution in [2.75, 3.05) is 0 Å².